The third-order valence-corrected chi connectivity index (χ3v) is 3.81. The molecule has 0 bridgehead atoms. The van der Waals surface area contributed by atoms with Gasteiger partial charge in [-0.3, -0.25) is 4.79 Å². The van der Waals surface area contributed by atoms with Crippen LogP contribution >= 0.6 is 0 Å². The summed E-state index contributed by atoms with van der Waals surface area (Å²) in [7, 11) is 0. The van der Waals surface area contributed by atoms with Gasteiger partial charge in [0.25, 0.3) is 5.91 Å². The molecule has 1 saturated heterocycles. The molecule has 1 heterocycles. The zero-order chi connectivity index (χ0) is 15.5. The van der Waals surface area contributed by atoms with Crippen LogP contribution in [-0.4, -0.2) is 35.1 Å². The number of likely N-dealkylation sites (tertiary alicyclic amines) is 1. The van der Waals surface area contributed by atoms with Crippen molar-refractivity contribution >= 4 is 5.91 Å². The normalized spacial score (nSPS) is 19.6. The minimum atomic E-state index is -4.55. The predicted molar refractivity (Wildman–Crippen MR) is 71.8 cm³/mol. The first-order valence-electron chi connectivity index (χ1n) is 7.03. The highest BCUT2D eigenvalue weighted by Crippen LogP contribution is 2.33. The van der Waals surface area contributed by atoms with E-state index in [1.807, 2.05) is 0 Å². The largest absolute Gasteiger partial charge is 0.417 e. The van der Waals surface area contributed by atoms with Crippen LogP contribution in [0.15, 0.2) is 24.3 Å². The first-order valence-corrected chi connectivity index (χ1v) is 7.03. The number of amides is 1. The van der Waals surface area contributed by atoms with E-state index < -0.39 is 17.6 Å². The molecule has 1 atom stereocenters. The Morgan fingerprint density at radius 2 is 2.00 bits per heavy atom. The lowest BCUT2D eigenvalue weighted by atomic mass is 9.97. The quantitative estimate of drug-likeness (QED) is 0.932. The van der Waals surface area contributed by atoms with Crippen LogP contribution in [0.25, 0.3) is 0 Å². The molecular formula is C15H18F3NO2. The monoisotopic (exact) mass is 301 g/mol. The second-order valence-corrected chi connectivity index (χ2v) is 5.20. The molecule has 0 spiro atoms. The van der Waals surface area contributed by atoms with Crippen LogP contribution in [0.3, 0.4) is 0 Å². The summed E-state index contributed by atoms with van der Waals surface area (Å²) >= 11 is 0. The number of hydrogen-bond acceptors (Lipinski definition) is 2. The van der Waals surface area contributed by atoms with E-state index in [1.165, 1.54) is 23.1 Å². The Bertz CT molecular complexity index is 500. The van der Waals surface area contributed by atoms with Crippen molar-refractivity contribution < 1.29 is 23.1 Å². The molecule has 0 radical (unpaired) electrons. The third-order valence-electron chi connectivity index (χ3n) is 3.81. The Kier molecular flexibility index (Phi) is 4.88. The first-order chi connectivity index (χ1) is 9.95. The van der Waals surface area contributed by atoms with Crippen LogP contribution in [0.5, 0.6) is 0 Å². The topological polar surface area (TPSA) is 40.5 Å². The minimum absolute atomic E-state index is 0.0740. The second-order valence-electron chi connectivity index (χ2n) is 5.20. The fourth-order valence-corrected chi connectivity index (χ4v) is 2.79. The Balaban J connectivity index is 2.31. The highest BCUT2D eigenvalue weighted by Gasteiger charge is 2.37. The minimum Gasteiger partial charge on any atom is -0.396 e. The molecule has 1 aliphatic rings. The zero-order valence-electron chi connectivity index (χ0n) is 11.6. The van der Waals surface area contributed by atoms with Gasteiger partial charge >= 0.3 is 6.18 Å². The molecule has 3 nitrogen and oxygen atoms in total. The van der Waals surface area contributed by atoms with Crippen molar-refractivity contribution in [2.45, 2.75) is 37.9 Å². The summed E-state index contributed by atoms with van der Waals surface area (Å²) in [5, 5.41) is 9.05. The van der Waals surface area contributed by atoms with Crippen LogP contribution < -0.4 is 0 Å². The van der Waals surface area contributed by atoms with Gasteiger partial charge in [-0.25, -0.2) is 0 Å². The fourth-order valence-electron chi connectivity index (χ4n) is 2.79. The lowest BCUT2D eigenvalue weighted by molar-refractivity contribution is -0.138. The molecule has 1 unspecified atom stereocenters. The average molecular weight is 301 g/mol. The van der Waals surface area contributed by atoms with E-state index in [0.717, 1.165) is 25.3 Å². The SMILES string of the molecule is O=C(c1ccccc1C(F)(F)F)N1CCCCC1CCO. The van der Waals surface area contributed by atoms with Gasteiger partial charge in [0.1, 0.15) is 0 Å². The maximum absolute atomic E-state index is 13.0. The van der Waals surface area contributed by atoms with Crippen molar-refractivity contribution in [1.29, 1.82) is 0 Å². The van der Waals surface area contributed by atoms with E-state index in [2.05, 4.69) is 0 Å². The third kappa shape index (κ3) is 3.56. The van der Waals surface area contributed by atoms with Crippen LogP contribution in [0.4, 0.5) is 13.2 Å². The number of benzene rings is 1. The number of rotatable bonds is 3. The van der Waals surface area contributed by atoms with Gasteiger partial charge in [0.15, 0.2) is 0 Å². The summed E-state index contributed by atoms with van der Waals surface area (Å²) in [6, 6.07) is 4.68. The number of carbonyl (C=O) groups is 1. The molecule has 6 heteroatoms. The summed E-state index contributed by atoms with van der Waals surface area (Å²) in [5.74, 6) is -0.596. The van der Waals surface area contributed by atoms with Crippen molar-refractivity contribution in [2.75, 3.05) is 13.2 Å². The molecule has 1 aliphatic heterocycles. The van der Waals surface area contributed by atoms with E-state index in [4.69, 9.17) is 5.11 Å². The van der Waals surface area contributed by atoms with Gasteiger partial charge in [-0.2, -0.15) is 13.2 Å². The Morgan fingerprint density at radius 3 is 2.67 bits per heavy atom. The Morgan fingerprint density at radius 1 is 1.29 bits per heavy atom. The van der Waals surface area contributed by atoms with Crippen LogP contribution in [-0.2, 0) is 6.18 Å². The number of halogens is 3. The second kappa shape index (κ2) is 6.47. The van der Waals surface area contributed by atoms with E-state index in [-0.39, 0.29) is 18.2 Å². The molecule has 116 valence electrons. The summed E-state index contributed by atoms with van der Waals surface area (Å²) in [4.78, 5) is 14.0. The highest BCUT2D eigenvalue weighted by atomic mass is 19.4. The molecule has 1 aromatic rings. The number of aliphatic hydroxyl groups excluding tert-OH is 1. The van der Waals surface area contributed by atoms with Gasteiger partial charge in [-0.15, -0.1) is 0 Å². The molecule has 1 amide bonds. The lowest BCUT2D eigenvalue weighted by Crippen LogP contribution is -2.44. The fraction of sp³-hybridized carbons (Fsp3) is 0.533. The smallest absolute Gasteiger partial charge is 0.396 e. The standard InChI is InChI=1S/C15H18F3NO2/c16-15(17,18)13-7-2-1-6-12(13)14(21)19-9-4-3-5-11(19)8-10-20/h1-2,6-7,11,20H,3-5,8-10H2. The maximum Gasteiger partial charge on any atom is 0.417 e. The van der Waals surface area contributed by atoms with Crippen molar-refractivity contribution in [1.82, 2.24) is 4.90 Å². The van der Waals surface area contributed by atoms with Gasteiger partial charge in [-0.05, 0) is 37.8 Å². The predicted octanol–water partition coefficient (Wildman–Crippen LogP) is 3.08. The lowest BCUT2D eigenvalue weighted by Gasteiger charge is -2.36. The van der Waals surface area contributed by atoms with Crippen molar-refractivity contribution in [3.8, 4) is 0 Å². The number of aliphatic hydroxyl groups is 1. The molecule has 0 aromatic heterocycles. The van der Waals surface area contributed by atoms with Crippen LogP contribution in [0.2, 0.25) is 0 Å². The van der Waals surface area contributed by atoms with E-state index in [1.54, 1.807) is 0 Å². The highest BCUT2D eigenvalue weighted by molar-refractivity contribution is 5.96. The molecular weight excluding hydrogens is 283 g/mol. The zero-order valence-corrected chi connectivity index (χ0v) is 11.6. The van der Waals surface area contributed by atoms with Gasteiger partial charge in [-0.1, -0.05) is 12.1 Å². The van der Waals surface area contributed by atoms with Gasteiger partial charge in [0.2, 0.25) is 0 Å². The van der Waals surface area contributed by atoms with E-state index in [9.17, 15) is 18.0 Å². The summed E-state index contributed by atoms with van der Waals surface area (Å²) in [5.41, 5.74) is -1.21. The molecule has 1 N–H and O–H groups in total. The molecule has 0 saturated carbocycles. The molecule has 0 aliphatic carbocycles. The number of alkyl halides is 3. The molecule has 2 rings (SSSR count). The van der Waals surface area contributed by atoms with Crippen molar-refractivity contribution in [3.05, 3.63) is 35.4 Å². The summed E-state index contributed by atoms with van der Waals surface area (Å²) in [6.45, 7) is 0.366. The van der Waals surface area contributed by atoms with Gasteiger partial charge in [0, 0.05) is 19.2 Å². The molecule has 21 heavy (non-hydrogen) atoms. The number of carbonyl (C=O) groups excluding carboxylic acids is 1. The van der Waals surface area contributed by atoms with Crippen LogP contribution in [0, 0.1) is 0 Å². The number of hydrogen-bond donors (Lipinski definition) is 1. The average Bonchev–Trinajstić information content (AvgIpc) is 2.46. The molecule has 1 fully saturated rings. The van der Waals surface area contributed by atoms with Crippen molar-refractivity contribution in [2.24, 2.45) is 0 Å². The number of piperidine rings is 1. The Hall–Kier alpha value is -1.56. The summed E-state index contributed by atoms with van der Waals surface area (Å²) in [6.07, 6.45) is -1.72. The van der Waals surface area contributed by atoms with E-state index in [0.29, 0.717) is 13.0 Å². The van der Waals surface area contributed by atoms with Crippen LogP contribution in [0.1, 0.15) is 41.6 Å². The maximum atomic E-state index is 13.0. The number of nitrogens with zero attached hydrogens (tertiary/aromatic N) is 1. The van der Waals surface area contributed by atoms with Gasteiger partial charge in [0.05, 0.1) is 11.1 Å². The van der Waals surface area contributed by atoms with E-state index >= 15 is 0 Å². The summed E-state index contributed by atoms with van der Waals surface area (Å²) < 4.78 is 39.0. The van der Waals surface area contributed by atoms with Gasteiger partial charge < -0.3 is 10.0 Å². The molecule has 1 aromatic carbocycles. The van der Waals surface area contributed by atoms with Crippen molar-refractivity contribution in [3.63, 3.8) is 0 Å². The first kappa shape index (κ1) is 15.8. The Labute approximate surface area is 121 Å².